The van der Waals surface area contributed by atoms with Gasteiger partial charge in [0.05, 0.1) is 0 Å². The fourth-order valence-corrected chi connectivity index (χ4v) is 3.66. The number of nitrogens with zero attached hydrogens (tertiary/aromatic N) is 2. The van der Waals surface area contributed by atoms with Crippen molar-refractivity contribution in [1.82, 2.24) is 0 Å². The number of para-hydroxylation sites is 2. The zero-order valence-electron chi connectivity index (χ0n) is 16.6. The van der Waals surface area contributed by atoms with E-state index in [0.717, 1.165) is 18.5 Å². The van der Waals surface area contributed by atoms with Gasteiger partial charge in [0.2, 0.25) is 0 Å². The normalized spacial score (nSPS) is 12.8. The SMILES string of the molecule is CCCCCC(=Nc1ccccc1)C(CCCCC)=[N+]([Pd])c1ccccc1. The van der Waals surface area contributed by atoms with Gasteiger partial charge in [-0.1, -0.05) is 0 Å². The van der Waals surface area contributed by atoms with Crippen LogP contribution < -0.4 is 0 Å². The van der Waals surface area contributed by atoms with Gasteiger partial charge < -0.3 is 0 Å². The van der Waals surface area contributed by atoms with Gasteiger partial charge >= 0.3 is 176 Å². The van der Waals surface area contributed by atoms with Crippen molar-refractivity contribution >= 4 is 22.8 Å². The van der Waals surface area contributed by atoms with Gasteiger partial charge in [0.15, 0.2) is 0 Å². The Balaban J connectivity index is 2.43. The first-order chi connectivity index (χ1) is 13.3. The summed E-state index contributed by atoms with van der Waals surface area (Å²) in [5.41, 5.74) is 4.72. The number of aliphatic imine (C=N–C) groups is 1. The van der Waals surface area contributed by atoms with Crippen molar-refractivity contribution < 1.29 is 22.7 Å². The van der Waals surface area contributed by atoms with E-state index < -0.39 is 0 Å². The molecule has 2 rings (SSSR count). The summed E-state index contributed by atoms with van der Waals surface area (Å²) in [5, 5.41) is 0. The molecule has 0 saturated heterocycles. The van der Waals surface area contributed by atoms with E-state index in [9.17, 15) is 0 Å². The average Bonchev–Trinajstić information content (AvgIpc) is 2.72. The molecular weight excluding hydrogens is 423 g/mol. The average molecular weight is 455 g/mol. The maximum absolute atomic E-state index is 5.07. The van der Waals surface area contributed by atoms with Crippen molar-refractivity contribution in [3.8, 4) is 0 Å². The predicted octanol–water partition coefficient (Wildman–Crippen LogP) is 7.17. The molecular formula is C24H32N2Pd+. The van der Waals surface area contributed by atoms with E-state index in [1.54, 1.807) is 0 Å². The number of benzene rings is 2. The van der Waals surface area contributed by atoms with Crippen LogP contribution in [0.3, 0.4) is 0 Å². The maximum atomic E-state index is 5.07. The molecule has 0 N–H and O–H groups in total. The molecule has 0 bridgehead atoms. The topological polar surface area (TPSA) is 15.4 Å². The third-order valence-corrected chi connectivity index (χ3v) is 5.40. The van der Waals surface area contributed by atoms with Crippen LogP contribution in [0.2, 0.25) is 0 Å². The first-order valence-electron chi connectivity index (χ1n) is 10.2. The molecule has 0 radical (unpaired) electrons. The Morgan fingerprint density at radius 3 is 1.93 bits per heavy atom. The first-order valence-corrected chi connectivity index (χ1v) is 10.9. The summed E-state index contributed by atoms with van der Waals surface area (Å²) >= 11 is 3.51. The van der Waals surface area contributed by atoms with Gasteiger partial charge in [-0.2, -0.15) is 0 Å². The second-order valence-electron chi connectivity index (χ2n) is 6.84. The van der Waals surface area contributed by atoms with E-state index in [0.29, 0.717) is 0 Å². The summed E-state index contributed by atoms with van der Waals surface area (Å²) < 4.78 is 2.20. The quantitative estimate of drug-likeness (QED) is 0.194. The molecule has 0 aliphatic carbocycles. The summed E-state index contributed by atoms with van der Waals surface area (Å²) in [6, 6.07) is 20.9. The molecule has 0 amide bonds. The molecule has 0 unspecified atom stereocenters. The zero-order chi connectivity index (χ0) is 19.3. The van der Waals surface area contributed by atoms with Crippen LogP contribution in [0.4, 0.5) is 11.4 Å². The van der Waals surface area contributed by atoms with E-state index in [4.69, 9.17) is 4.99 Å². The van der Waals surface area contributed by atoms with E-state index in [1.807, 2.05) is 6.07 Å². The number of hydrogen-bond donors (Lipinski definition) is 0. The van der Waals surface area contributed by atoms with Crippen LogP contribution in [-0.4, -0.2) is 14.6 Å². The Labute approximate surface area is 176 Å². The molecule has 0 fully saturated rings. The molecule has 0 saturated carbocycles. The van der Waals surface area contributed by atoms with Gasteiger partial charge in [0.25, 0.3) is 0 Å². The Morgan fingerprint density at radius 1 is 0.778 bits per heavy atom. The Hall–Kier alpha value is -1.56. The molecule has 3 heteroatoms. The first kappa shape index (κ1) is 21.7. The van der Waals surface area contributed by atoms with E-state index >= 15 is 0 Å². The molecule has 147 valence electrons. The van der Waals surface area contributed by atoms with Crippen molar-refractivity contribution in [3.05, 3.63) is 60.7 Å². The molecule has 0 aliphatic rings. The number of unbranched alkanes of at least 4 members (excludes halogenated alkanes) is 4. The fourth-order valence-electron chi connectivity index (χ4n) is 3.05. The summed E-state index contributed by atoms with van der Waals surface area (Å²) in [6.07, 6.45) is 9.37. The van der Waals surface area contributed by atoms with E-state index in [1.165, 1.54) is 55.6 Å². The summed E-state index contributed by atoms with van der Waals surface area (Å²) in [7, 11) is 0. The van der Waals surface area contributed by atoms with E-state index in [-0.39, 0.29) is 0 Å². The van der Waals surface area contributed by atoms with Crippen LogP contribution in [-0.2, 0) is 19.4 Å². The molecule has 2 nitrogen and oxygen atoms in total. The summed E-state index contributed by atoms with van der Waals surface area (Å²) in [4.78, 5) is 5.07. The van der Waals surface area contributed by atoms with Gasteiger partial charge in [-0.3, -0.25) is 0 Å². The Morgan fingerprint density at radius 2 is 1.33 bits per heavy atom. The molecule has 0 aromatic heterocycles. The van der Waals surface area contributed by atoms with Crippen molar-refractivity contribution in [2.24, 2.45) is 4.99 Å². The zero-order valence-corrected chi connectivity index (χ0v) is 18.2. The molecule has 0 atom stereocenters. The second-order valence-corrected chi connectivity index (χ2v) is 7.54. The number of hydrogen-bond acceptors (Lipinski definition) is 1. The summed E-state index contributed by atoms with van der Waals surface area (Å²) in [6.45, 7) is 4.51. The van der Waals surface area contributed by atoms with E-state index in [2.05, 4.69) is 91.1 Å². The van der Waals surface area contributed by atoms with Crippen LogP contribution in [0, 0.1) is 0 Å². The fraction of sp³-hybridized carbons (Fsp3) is 0.417. The van der Waals surface area contributed by atoms with Gasteiger partial charge in [-0.25, -0.2) is 0 Å². The van der Waals surface area contributed by atoms with Crippen molar-refractivity contribution in [3.63, 3.8) is 0 Å². The minimum absolute atomic E-state index is 1.02. The van der Waals surface area contributed by atoms with Crippen LogP contribution in [0.25, 0.3) is 0 Å². The molecule has 27 heavy (non-hydrogen) atoms. The number of rotatable bonds is 11. The molecule has 0 heterocycles. The third-order valence-electron chi connectivity index (χ3n) is 4.57. The van der Waals surface area contributed by atoms with Crippen molar-refractivity contribution in [2.75, 3.05) is 0 Å². The standard InChI is InChI=1S/C24H32N2.Pd/c1-3-5-9-19-23(25-21-15-11-7-12-16-21)24(20-10-6-4-2)26-22-17-13-8-14-18-22;/h7-8,11-18H,3-6,9-10,19-20H2,1-2H3;/q;+1. The van der Waals surface area contributed by atoms with Gasteiger partial charge in [0.1, 0.15) is 0 Å². The third kappa shape index (κ3) is 7.53. The van der Waals surface area contributed by atoms with Gasteiger partial charge in [-0.05, 0) is 0 Å². The molecule has 2 aromatic rings. The second kappa shape index (κ2) is 12.8. The molecule has 2 aromatic carbocycles. The Bertz CT molecular complexity index is 721. The Kier molecular flexibility index (Phi) is 10.3. The van der Waals surface area contributed by atoms with Crippen LogP contribution >= 0.6 is 0 Å². The van der Waals surface area contributed by atoms with Crippen LogP contribution in [0.5, 0.6) is 0 Å². The minimum atomic E-state index is 1.02. The molecule has 0 aliphatic heterocycles. The molecule has 0 spiro atoms. The van der Waals surface area contributed by atoms with Gasteiger partial charge in [0, 0.05) is 0 Å². The summed E-state index contributed by atoms with van der Waals surface area (Å²) in [5.74, 6) is 0. The predicted molar refractivity (Wildman–Crippen MR) is 113 cm³/mol. The van der Waals surface area contributed by atoms with Crippen LogP contribution in [0.1, 0.15) is 65.2 Å². The van der Waals surface area contributed by atoms with Crippen molar-refractivity contribution in [2.45, 2.75) is 65.2 Å². The monoisotopic (exact) mass is 454 g/mol. The van der Waals surface area contributed by atoms with Crippen LogP contribution in [0.15, 0.2) is 65.7 Å². The van der Waals surface area contributed by atoms with Gasteiger partial charge in [-0.15, -0.1) is 0 Å². The van der Waals surface area contributed by atoms with Crippen molar-refractivity contribution in [1.29, 1.82) is 0 Å².